The Kier molecular flexibility index (Phi) is 8.47. The van der Waals surface area contributed by atoms with Gasteiger partial charge in [0.25, 0.3) is 0 Å². The summed E-state index contributed by atoms with van der Waals surface area (Å²) < 4.78 is 2.52. The third kappa shape index (κ3) is 6.24. The first-order valence-electron chi connectivity index (χ1n) is 21.1. The largest absolute Gasteiger partial charge is 0.310 e. The van der Waals surface area contributed by atoms with Crippen LogP contribution in [-0.4, -0.2) is 4.57 Å². The fraction of sp³-hybridized carbons (Fsp3) is 0.286. The molecule has 0 amide bonds. The highest BCUT2D eigenvalue weighted by molar-refractivity contribution is 6.27. The molecule has 0 bridgehead atoms. The smallest absolute Gasteiger partial charge is 0.0541 e. The van der Waals surface area contributed by atoms with E-state index in [0.717, 1.165) is 11.4 Å². The number of hydrogen-bond acceptors (Lipinski definition) is 1. The lowest BCUT2D eigenvalue weighted by molar-refractivity contribution is 0.590. The quantitative estimate of drug-likeness (QED) is 0.162. The zero-order chi connectivity index (χ0) is 41.1. The molecule has 0 atom stereocenters. The Morgan fingerprint density at radius 2 is 0.724 bits per heavy atom. The summed E-state index contributed by atoms with van der Waals surface area (Å²) in [6.07, 6.45) is 0. The molecule has 0 aliphatic rings. The minimum Gasteiger partial charge on any atom is -0.310 e. The molecule has 0 N–H and O–H groups in total. The zero-order valence-electron chi connectivity index (χ0n) is 36.6. The van der Waals surface area contributed by atoms with E-state index in [1.54, 1.807) is 0 Å². The van der Waals surface area contributed by atoms with Crippen molar-refractivity contribution < 1.29 is 0 Å². The molecule has 58 heavy (non-hydrogen) atoms. The van der Waals surface area contributed by atoms with Crippen LogP contribution in [0.25, 0.3) is 59.8 Å². The molecule has 0 fully saturated rings. The maximum Gasteiger partial charge on any atom is 0.0541 e. The van der Waals surface area contributed by atoms with E-state index >= 15 is 0 Å². The van der Waals surface area contributed by atoms with Gasteiger partial charge in [-0.2, -0.15) is 0 Å². The summed E-state index contributed by atoms with van der Waals surface area (Å²) in [7, 11) is 0. The minimum atomic E-state index is 0.0477. The van der Waals surface area contributed by atoms with Crippen molar-refractivity contribution in [2.75, 3.05) is 4.90 Å². The number of nitrogens with zero attached hydrogens (tertiary/aromatic N) is 2. The Morgan fingerprint density at radius 3 is 1.17 bits per heavy atom. The summed E-state index contributed by atoms with van der Waals surface area (Å²) in [5.41, 5.74) is 12.8. The molecule has 9 aromatic rings. The second kappa shape index (κ2) is 13.0. The Balaban J connectivity index is 1.31. The maximum absolute atomic E-state index is 2.52. The maximum atomic E-state index is 2.52. The van der Waals surface area contributed by atoms with Gasteiger partial charge < -0.3 is 9.47 Å². The van der Waals surface area contributed by atoms with Crippen LogP contribution in [0.5, 0.6) is 0 Å². The van der Waals surface area contributed by atoms with Gasteiger partial charge in [-0.25, -0.2) is 0 Å². The molecule has 1 aromatic heterocycles. The van der Waals surface area contributed by atoms with Gasteiger partial charge in [-0.05, 0) is 126 Å². The average molecular weight is 759 g/mol. The van der Waals surface area contributed by atoms with Crippen LogP contribution >= 0.6 is 0 Å². The second-order valence-electron chi connectivity index (χ2n) is 20.8. The summed E-state index contributed by atoms with van der Waals surface area (Å²) in [4.78, 5) is 2.46. The number of anilines is 3. The van der Waals surface area contributed by atoms with Crippen molar-refractivity contribution in [1.29, 1.82) is 0 Å². The van der Waals surface area contributed by atoms with Crippen molar-refractivity contribution in [3.05, 3.63) is 156 Å². The second-order valence-corrected chi connectivity index (χ2v) is 20.8. The average Bonchev–Trinajstić information content (AvgIpc) is 3.49. The van der Waals surface area contributed by atoms with Crippen molar-refractivity contribution in [3.63, 3.8) is 0 Å². The number of fused-ring (bicyclic) bond motifs is 3. The molecule has 2 heteroatoms. The van der Waals surface area contributed by atoms with Crippen molar-refractivity contribution in [1.82, 2.24) is 4.57 Å². The summed E-state index contributed by atoms with van der Waals surface area (Å²) in [6.45, 7) is 27.6. The first-order chi connectivity index (χ1) is 27.3. The fourth-order valence-electron chi connectivity index (χ4n) is 9.02. The van der Waals surface area contributed by atoms with Gasteiger partial charge in [0.1, 0.15) is 0 Å². The van der Waals surface area contributed by atoms with Crippen molar-refractivity contribution >= 4 is 71.2 Å². The van der Waals surface area contributed by atoms with Gasteiger partial charge >= 0.3 is 0 Å². The predicted molar refractivity (Wildman–Crippen MR) is 254 cm³/mol. The molecule has 0 spiro atoms. The number of hydrogen-bond donors (Lipinski definition) is 0. The number of benzene rings is 8. The molecule has 0 aliphatic heterocycles. The van der Waals surface area contributed by atoms with Crippen LogP contribution in [0.3, 0.4) is 0 Å². The van der Waals surface area contributed by atoms with Crippen molar-refractivity contribution in [2.45, 2.75) is 105 Å². The summed E-state index contributed by atoms with van der Waals surface area (Å²) in [5, 5.41) is 10.3. The Morgan fingerprint density at radius 1 is 0.345 bits per heavy atom. The number of rotatable bonds is 4. The topological polar surface area (TPSA) is 8.17 Å². The van der Waals surface area contributed by atoms with E-state index in [4.69, 9.17) is 0 Å². The lowest BCUT2D eigenvalue weighted by Crippen LogP contribution is -2.14. The molecule has 292 valence electrons. The molecule has 0 aliphatic carbocycles. The lowest BCUT2D eigenvalue weighted by atomic mass is 9.85. The molecule has 1 heterocycles. The van der Waals surface area contributed by atoms with Crippen LogP contribution < -0.4 is 4.90 Å². The van der Waals surface area contributed by atoms with Gasteiger partial charge in [-0.3, -0.25) is 0 Å². The molecule has 2 nitrogen and oxygen atoms in total. The van der Waals surface area contributed by atoms with E-state index in [9.17, 15) is 0 Å². The first-order valence-corrected chi connectivity index (χ1v) is 21.1. The van der Waals surface area contributed by atoms with Gasteiger partial charge in [-0.15, -0.1) is 0 Å². The SMILES string of the molecule is CC(C)(C)c1ccc(N(c2ccc(C(C)(C)C)cc2)c2ccc3ccc4c(-n5c6ccc(C(C)(C)C)cc6c6cc(C(C)(C)C)ccc65)ccc5ccc2c3c54)cc1. The van der Waals surface area contributed by atoms with E-state index in [1.807, 2.05) is 0 Å². The highest BCUT2D eigenvalue weighted by Gasteiger charge is 2.25. The van der Waals surface area contributed by atoms with Gasteiger partial charge in [0.2, 0.25) is 0 Å². The van der Waals surface area contributed by atoms with Crippen LogP contribution in [0, 0.1) is 0 Å². The van der Waals surface area contributed by atoms with E-state index in [2.05, 4.69) is 226 Å². The van der Waals surface area contributed by atoms with Crippen LogP contribution in [0.1, 0.15) is 105 Å². The summed E-state index contributed by atoms with van der Waals surface area (Å²) in [5.74, 6) is 0. The van der Waals surface area contributed by atoms with Crippen LogP contribution in [0.15, 0.2) is 133 Å². The summed E-state index contributed by atoms with van der Waals surface area (Å²) in [6, 6.07) is 51.4. The predicted octanol–water partition coefficient (Wildman–Crippen LogP) is 16.3. The van der Waals surface area contributed by atoms with E-state index in [-0.39, 0.29) is 21.7 Å². The molecule has 9 rings (SSSR count). The molecular formula is C56H58N2. The van der Waals surface area contributed by atoms with Gasteiger partial charge in [0, 0.05) is 32.9 Å². The molecule has 0 saturated carbocycles. The Labute approximate surface area is 345 Å². The molecular weight excluding hydrogens is 701 g/mol. The number of aromatic nitrogens is 1. The normalized spacial score (nSPS) is 13.2. The molecule has 0 unspecified atom stereocenters. The van der Waals surface area contributed by atoms with Gasteiger partial charge in [0.15, 0.2) is 0 Å². The minimum absolute atomic E-state index is 0.0477. The van der Waals surface area contributed by atoms with Crippen molar-refractivity contribution in [3.8, 4) is 5.69 Å². The Hall–Kier alpha value is -5.60. The van der Waals surface area contributed by atoms with Gasteiger partial charge in [0.05, 0.1) is 22.4 Å². The third-order valence-corrected chi connectivity index (χ3v) is 12.6. The third-order valence-electron chi connectivity index (χ3n) is 12.6. The van der Waals surface area contributed by atoms with Crippen LogP contribution in [-0.2, 0) is 21.7 Å². The van der Waals surface area contributed by atoms with E-state index in [1.165, 1.54) is 87.8 Å². The highest BCUT2D eigenvalue weighted by atomic mass is 15.1. The van der Waals surface area contributed by atoms with Crippen LogP contribution in [0.4, 0.5) is 17.1 Å². The summed E-state index contributed by atoms with van der Waals surface area (Å²) >= 11 is 0. The lowest BCUT2D eigenvalue weighted by Gasteiger charge is -2.29. The molecule has 0 radical (unpaired) electrons. The van der Waals surface area contributed by atoms with E-state index in [0.29, 0.717) is 0 Å². The Bertz CT molecular complexity index is 2870. The fourth-order valence-corrected chi connectivity index (χ4v) is 9.02. The first kappa shape index (κ1) is 37.9. The standard InChI is InChI=1S/C56H58N2/c1-53(2,3)37-17-23-41(24-18-37)57(42-25-19-38(20-26-42)54(4,5)6)47-29-15-35-14-28-44-48(30-16-36-13-27-43(47)51(35)52(36)44)58-49-31-21-39(55(7,8)9)33-45(49)46-34-40(56(10,11)12)22-32-50(46)58/h13-34H,1-12H3. The molecule has 8 aromatic carbocycles. The molecule has 0 saturated heterocycles. The van der Waals surface area contributed by atoms with Crippen molar-refractivity contribution in [2.24, 2.45) is 0 Å². The monoisotopic (exact) mass is 758 g/mol. The van der Waals surface area contributed by atoms with Crippen LogP contribution in [0.2, 0.25) is 0 Å². The zero-order valence-corrected chi connectivity index (χ0v) is 36.6. The highest BCUT2D eigenvalue weighted by Crippen LogP contribution is 2.47. The van der Waals surface area contributed by atoms with Gasteiger partial charge in [-0.1, -0.05) is 156 Å². The van der Waals surface area contributed by atoms with E-state index < -0.39 is 0 Å².